The first kappa shape index (κ1) is 16.3. The Hall–Kier alpha value is -1.04. The third kappa shape index (κ3) is 3.42. The number of aromatic nitrogens is 2. The molecule has 0 spiro atoms. The molecule has 0 aliphatic rings. The van der Waals surface area contributed by atoms with E-state index in [9.17, 15) is 0 Å². The van der Waals surface area contributed by atoms with Gasteiger partial charge in [0.05, 0.1) is 20.9 Å². The van der Waals surface area contributed by atoms with Crippen LogP contribution in [0.15, 0.2) is 22.7 Å². The van der Waals surface area contributed by atoms with E-state index in [-0.39, 0.29) is 0 Å². The molecular formula is C15H19BrClN3O. The van der Waals surface area contributed by atoms with E-state index in [0.29, 0.717) is 23.9 Å². The molecule has 1 aromatic heterocycles. The quantitative estimate of drug-likeness (QED) is 0.836. The predicted molar refractivity (Wildman–Crippen MR) is 88.7 cm³/mol. The van der Waals surface area contributed by atoms with E-state index < -0.39 is 0 Å². The van der Waals surface area contributed by atoms with E-state index in [2.05, 4.69) is 34.9 Å². The van der Waals surface area contributed by atoms with Crippen LogP contribution < -0.4 is 10.5 Å². The fourth-order valence-electron chi connectivity index (χ4n) is 2.17. The van der Waals surface area contributed by atoms with Crippen molar-refractivity contribution in [3.05, 3.63) is 44.6 Å². The lowest BCUT2D eigenvalue weighted by Gasteiger charge is -2.13. The molecule has 6 heteroatoms. The summed E-state index contributed by atoms with van der Waals surface area (Å²) in [6.45, 7) is 5.73. The van der Waals surface area contributed by atoms with E-state index in [0.717, 1.165) is 34.4 Å². The van der Waals surface area contributed by atoms with Crippen LogP contribution in [0.4, 0.5) is 0 Å². The van der Waals surface area contributed by atoms with E-state index in [1.807, 2.05) is 16.8 Å². The van der Waals surface area contributed by atoms with E-state index in [1.165, 1.54) is 0 Å². The highest BCUT2D eigenvalue weighted by molar-refractivity contribution is 9.10. The van der Waals surface area contributed by atoms with Gasteiger partial charge in [-0.1, -0.05) is 30.7 Å². The average molecular weight is 373 g/mol. The lowest BCUT2D eigenvalue weighted by atomic mass is 10.2. The summed E-state index contributed by atoms with van der Waals surface area (Å²) in [6, 6.07) is 5.60. The Bertz CT molecular complexity index is 628. The van der Waals surface area contributed by atoms with Crippen LogP contribution in [0.2, 0.25) is 5.02 Å². The van der Waals surface area contributed by atoms with Gasteiger partial charge in [-0.25, -0.2) is 0 Å². The van der Waals surface area contributed by atoms with E-state index in [4.69, 9.17) is 22.1 Å². The van der Waals surface area contributed by atoms with Crippen LogP contribution in [0.3, 0.4) is 0 Å². The number of aryl methyl sites for hydroxylation is 2. The molecule has 2 N–H and O–H groups in total. The number of ether oxygens (including phenoxy) is 1. The zero-order valence-electron chi connectivity index (χ0n) is 12.2. The van der Waals surface area contributed by atoms with Crippen LogP contribution in [0.1, 0.15) is 30.8 Å². The third-order valence-electron chi connectivity index (χ3n) is 3.32. The lowest BCUT2D eigenvalue weighted by Crippen LogP contribution is -2.08. The Labute approximate surface area is 138 Å². The molecule has 0 saturated heterocycles. The SMILES string of the molecule is CCc1nn(CC)c(COc2c(Cl)cccc2CN)c1Br. The van der Waals surface area contributed by atoms with Crippen molar-refractivity contribution in [3.63, 3.8) is 0 Å². The first-order valence-electron chi connectivity index (χ1n) is 6.96. The highest BCUT2D eigenvalue weighted by Gasteiger charge is 2.16. The smallest absolute Gasteiger partial charge is 0.142 e. The molecule has 0 unspecified atom stereocenters. The maximum Gasteiger partial charge on any atom is 0.142 e. The van der Waals surface area contributed by atoms with Crippen molar-refractivity contribution < 1.29 is 4.74 Å². The molecule has 2 rings (SSSR count). The van der Waals surface area contributed by atoms with Crippen molar-refractivity contribution in [2.75, 3.05) is 0 Å². The van der Waals surface area contributed by atoms with Crippen LogP contribution in [-0.2, 0) is 26.1 Å². The highest BCUT2D eigenvalue weighted by atomic mass is 79.9. The monoisotopic (exact) mass is 371 g/mol. The summed E-state index contributed by atoms with van der Waals surface area (Å²) in [6.07, 6.45) is 0.876. The molecule has 0 radical (unpaired) electrons. The Kier molecular flexibility index (Phi) is 5.67. The van der Waals surface area contributed by atoms with Gasteiger partial charge in [-0.05, 0) is 35.3 Å². The Morgan fingerprint density at radius 1 is 1.38 bits per heavy atom. The summed E-state index contributed by atoms with van der Waals surface area (Å²) >= 11 is 9.82. The molecule has 0 amide bonds. The normalized spacial score (nSPS) is 10.9. The van der Waals surface area contributed by atoms with Crippen molar-refractivity contribution in [1.29, 1.82) is 0 Å². The number of benzene rings is 1. The van der Waals surface area contributed by atoms with Crippen LogP contribution in [-0.4, -0.2) is 9.78 Å². The van der Waals surface area contributed by atoms with Gasteiger partial charge in [-0.15, -0.1) is 0 Å². The first-order valence-corrected chi connectivity index (χ1v) is 8.13. The van der Waals surface area contributed by atoms with Crippen LogP contribution in [0.25, 0.3) is 0 Å². The van der Waals surface area contributed by atoms with Gasteiger partial charge in [0.15, 0.2) is 0 Å². The molecule has 4 nitrogen and oxygen atoms in total. The minimum Gasteiger partial charge on any atom is -0.485 e. The number of para-hydroxylation sites is 1. The second-order valence-electron chi connectivity index (χ2n) is 4.60. The molecule has 0 atom stereocenters. The molecule has 0 aliphatic heterocycles. The Morgan fingerprint density at radius 3 is 2.76 bits per heavy atom. The molecular weight excluding hydrogens is 354 g/mol. The van der Waals surface area contributed by atoms with Gasteiger partial charge in [-0.3, -0.25) is 4.68 Å². The van der Waals surface area contributed by atoms with E-state index in [1.54, 1.807) is 6.07 Å². The molecule has 114 valence electrons. The third-order valence-corrected chi connectivity index (χ3v) is 4.53. The summed E-state index contributed by atoms with van der Waals surface area (Å²) in [5, 5.41) is 5.13. The summed E-state index contributed by atoms with van der Waals surface area (Å²) in [5.41, 5.74) is 8.68. The topological polar surface area (TPSA) is 53.1 Å². The Balaban J connectivity index is 2.26. The maximum absolute atomic E-state index is 6.21. The minimum atomic E-state index is 0.393. The van der Waals surface area contributed by atoms with Crippen molar-refractivity contribution in [1.82, 2.24) is 9.78 Å². The standard InChI is InChI=1S/C15H19BrClN3O/c1-3-12-14(16)13(20(4-2)19-12)9-21-15-10(8-18)6-5-7-11(15)17/h5-7H,3-4,8-9,18H2,1-2H3. The first-order chi connectivity index (χ1) is 10.1. The zero-order chi connectivity index (χ0) is 15.4. The van der Waals surface area contributed by atoms with Gasteiger partial charge in [0.25, 0.3) is 0 Å². The molecule has 0 saturated carbocycles. The molecule has 0 bridgehead atoms. The fourth-order valence-corrected chi connectivity index (χ4v) is 3.10. The number of nitrogens with zero attached hydrogens (tertiary/aromatic N) is 2. The van der Waals surface area contributed by atoms with Crippen molar-refractivity contribution >= 4 is 27.5 Å². The molecule has 1 heterocycles. The van der Waals surface area contributed by atoms with Crippen molar-refractivity contribution in [3.8, 4) is 5.75 Å². The lowest BCUT2D eigenvalue weighted by molar-refractivity contribution is 0.289. The van der Waals surface area contributed by atoms with Crippen molar-refractivity contribution in [2.24, 2.45) is 5.73 Å². The van der Waals surface area contributed by atoms with E-state index >= 15 is 0 Å². The molecule has 2 aromatic rings. The largest absolute Gasteiger partial charge is 0.485 e. The number of halogens is 2. The number of hydrogen-bond acceptors (Lipinski definition) is 3. The maximum atomic E-state index is 6.21. The minimum absolute atomic E-state index is 0.393. The summed E-state index contributed by atoms with van der Waals surface area (Å²) in [7, 11) is 0. The highest BCUT2D eigenvalue weighted by Crippen LogP contribution is 2.30. The molecule has 1 aromatic carbocycles. The zero-order valence-corrected chi connectivity index (χ0v) is 14.5. The van der Waals surface area contributed by atoms with Gasteiger partial charge >= 0.3 is 0 Å². The second-order valence-corrected chi connectivity index (χ2v) is 5.80. The van der Waals surface area contributed by atoms with Crippen LogP contribution in [0, 0.1) is 0 Å². The molecule has 0 fully saturated rings. The number of rotatable bonds is 6. The number of hydrogen-bond donors (Lipinski definition) is 1. The molecule has 0 aliphatic carbocycles. The van der Waals surface area contributed by atoms with Gasteiger partial charge in [0.2, 0.25) is 0 Å². The fraction of sp³-hybridized carbons (Fsp3) is 0.400. The number of nitrogens with two attached hydrogens (primary N) is 1. The Morgan fingerprint density at radius 2 is 2.14 bits per heavy atom. The van der Waals surface area contributed by atoms with Gasteiger partial charge in [0, 0.05) is 18.7 Å². The summed E-state index contributed by atoms with van der Waals surface area (Å²) < 4.78 is 8.88. The molecule has 21 heavy (non-hydrogen) atoms. The van der Waals surface area contributed by atoms with Gasteiger partial charge < -0.3 is 10.5 Å². The van der Waals surface area contributed by atoms with Crippen molar-refractivity contribution in [2.45, 2.75) is 40.0 Å². The predicted octanol–water partition coefficient (Wildman–Crippen LogP) is 3.92. The average Bonchev–Trinajstić information content (AvgIpc) is 2.81. The van der Waals surface area contributed by atoms with Crippen LogP contribution >= 0.6 is 27.5 Å². The summed E-state index contributed by atoms with van der Waals surface area (Å²) in [4.78, 5) is 0. The van der Waals surface area contributed by atoms with Gasteiger partial charge in [-0.2, -0.15) is 5.10 Å². The van der Waals surface area contributed by atoms with Gasteiger partial charge in [0.1, 0.15) is 12.4 Å². The second kappa shape index (κ2) is 7.29. The summed E-state index contributed by atoms with van der Waals surface area (Å²) in [5.74, 6) is 0.649. The van der Waals surface area contributed by atoms with Crippen LogP contribution in [0.5, 0.6) is 5.75 Å².